The molecule has 1 atom stereocenters. The smallest absolute Gasteiger partial charge is 0.217 e. The lowest BCUT2D eigenvalue weighted by molar-refractivity contribution is 0.107. The van der Waals surface area contributed by atoms with Crippen LogP contribution in [0.3, 0.4) is 0 Å². The highest BCUT2D eigenvalue weighted by atomic mass is 32.2. The summed E-state index contributed by atoms with van der Waals surface area (Å²) in [6.07, 6.45) is 7.80. The summed E-state index contributed by atoms with van der Waals surface area (Å²) in [5.74, 6) is 0.945. The average Bonchev–Trinajstić information content (AvgIpc) is 3.41. The molecule has 5 nitrogen and oxygen atoms in total. The van der Waals surface area contributed by atoms with Crippen molar-refractivity contribution < 1.29 is 13.2 Å². The molecule has 4 aliphatic rings. The van der Waals surface area contributed by atoms with Gasteiger partial charge in [0.2, 0.25) is 10.0 Å². The minimum atomic E-state index is -3.10. The molecule has 0 aromatic rings. The van der Waals surface area contributed by atoms with E-state index in [1.165, 1.54) is 19.4 Å². The molecule has 4 fully saturated rings. The van der Waals surface area contributed by atoms with Crippen LogP contribution >= 0.6 is 0 Å². The van der Waals surface area contributed by atoms with Gasteiger partial charge in [-0.1, -0.05) is 0 Å². The van der Waals surface area contributed by atoms with E-state index in [1.807, 2.05) is 4.31 Å². The molecule has 0 unspecified atom stereocenters. The van der Waals surface area contributed by atoms with Gasteiger partial charge in [0.1, 0.15) is 0 Å². The van der Waals surface area contributed by atoms with Gasteiger partial charge < -0.3 is 9.64 Å². The summed E-state index contributed by atoms with van der Waals surface area (Å²) in [5, 5.41) is -0.105. The number of hydrogen-bond donors (Lipinski definition) is 0. The molecule has 23 heavy (non-hydrogen) atoms. The Hall–Kier alpha value is -0.170. The fourth-order valence-corrected chi connectivity index (χ4v) is 6.67. The van der Waals surface area contributed by atoms with Gasteiger partial charge in [0.05, 0.1) is 11.9 Å². The Morgan fingerprint density at radius 2 is 1.83 bits per heavy atom. The van der Waals surface area contributed by atoms with Crippen molar-refractivity contribution in [3.05, 3.63) is 0 Å². The highest BCUT2D eigenvalue weighted by Gasteiger charge is 2.52. The van der Waals surface area contributed by atoms with Gasteiger partial charge in [-0.3, -0.25) is 0 Å². The van der Waals surface area contributed by atoms with Gasteiger partial charge in [0.15, 0.2) is 0 Å². The second-order valence-electron chi connectivity index (χ2n) is 8.35. The van der Waals surface area contributed by atoms with E-state index in [0.717, 1.165) is 57.7 Å². The van der Waals surface area contributed by atoms with Gasteiger partial charge in [0.25, 0.3) is 0 Å². The molecule has 1 spiro atoms. The van der Waals surface area contributed by atoms with Crippen LogP contribution in [0.4, 0.5) is 0 Å². The van der Waals surface area contributed by atoms with E-state index in [0.29, 0.717) is 6.61 Å². The van der Waals surface area contributed by atoms with E-state index in [4.69, 9.17) is 4.74 Å². The third kappa shape index (κ3) is 3.32. The summed E-state index contributed by atoms with van der Waals surface area (Å²) in [4.78, 5) is 2.60. The number of nitrogens with zero attached hydrogens (tertiary/aromatic N) is 2. The number of rotatable bonds is 6. The minimum Gasteiger partial charge on any atom is -0.383 e. The number of methoxy groups -OCH3 is 1. The first kappa shape index (κ1) is 16.3. The van der Waals surface area contributed by atoms with Crippen molar-refractivity contribution in [1.29, 1.82) is 0 Å². The second-order valence-corrected chi connectivity index (χ2v) is 10.5. The topological polar surface area (TPSA) is 49.9 Å². The van der Waals surface area contributed by atoms with Crippen molar-refractivity contribution in [3.8, 4) is 0 Å². The molecule has 0 bridgehead atoms. The summed E-state index contributed by atoms with van der Waals surface area (Å²) in [7, 11) is -1.41. The molecule has 2 saturated carbocycles. The Morgan fingerprint density at radius 3 is 2.39 bits per heavy atom. The Morgan fingerprint density at radius 1 is 1.13 bits per heavy atom. The summed E-state index contributed by atoms with van der Waals surface area (Å²) in [5.41, 5.74) is 0.200. The van der Waals surface area contributed by atoms with Gasteiger partial charge in [-0.05, 0) is 69.4 Å². The molecule has 132 valence electrons. The molecule has 2 heterocycles. The molecule has 4 rings (SSSR count). The normalized spacial score (nSPS) is 32.7. The van der Waals surface area contributed by atoms with E-state index < -0.39 is 10.0 Å². The van der Waals surface area contributed by atoms with E-state index in [1.54, 1.807) is 7.11 Å². The first-order valence-electron chi connectivity index (χ1n) is 9.24. The van der Waals surface area contributed by atoms with Gasteiger partial charge in [-0.15, -0.1) is 0 Å². The van der Waals surface area contributed by atoms with Gasteiger partial charge in [0, 0.05) is 26.2 Å². The monoisotopic (exact) mass is 342 g/mol. The van der Waals surface area contributed by atoms with Gasteiger partial charge in [-0.25, -0.2) is 8.42 Å². The summed E-state index contributed by atoms with van der Waals surface area (Å²) in [6.45, 7) is 4.83. The van der Waals surface area contributed by atoms with Gasteiger partial charge in [-0.2, -0.15) is 4.31 Å². The first-order valence-corrected chi connectivity index (χ1v) is 10.7. The molecule has 0 radical (unpaired) electrons. The SMILES string of the molecule is COC[C@@H]1CC2(CCN(CC3CC3)CC2)CN1S(=O)(=O)C1CC1. The predicted molar refractivity (Wildman–Crippen MR) is 89.8 cm³/mol. The van der Waals surface area contributed by atoms with Crippen molar-refractivity contribution in [2.24, 2.45) is 11.3 Å². The molecule has 2 aliphatic carbocycles. The standard InChI is InChI=1S/C17H30N2O3S/c1-22-12-15-10-17(13-19(15)23(20,21)16-4-5-16)6-8-18(9-7-17)11-14-2-3-14/h14-16H,2-13H2,1H3/t15-/m0/s1. The first-order chi connectivity index (χ1) is 11.0. The van der Waals surface area contributed by atoms with Crippen molar-refractivity contribution in [2.45, 2.75) is 56.2 Å². The Kier molecular flexibility index (Phi) is 4.23. The molecular weight excluding hydrogens is 312 g/mol. The lowest BCUT2D eigenvalue weighted by Gasteiger charge is -2.39. The van der Waals surface area contributed by atoms with E-state index in [-0.39, 0.29) is 16.7 Å². The Balaban J connectivity index is 1.43. The zero-order valence-electron chi connectivity index (χ0n) is 14.2. The lowest BCUT2D eigenvalue weighted by Crippen LogP contribution is -2.43. The number of likely N-dealkylation sites (tertiary alicyclic amines) is 1. The van der Waals surface area contributed by atoms with Crippen LogP contribution in [0.1, 0.15) is 44.9 Å². The minimum absolute atomic E-state index is 0.0561. The average molecular weight is 343 g/mol. The summed E-state index contributed by atoms with van der Waals surface area (Å²) < 4.78 is 32.7. The molecule has 0 aromatic carbocycles. The van der Waals surface area contributed by atoms with Crippen molar-refractivity contribution in [1.82, 2.24) is 9.21 Å². The van der Waals surface area contributed by atoms with E-state index in [9.17, 15) is 8.42 Å². The van der Waals surface area contributed by atoms with Gasteiger partial charge >= 0.3 is 0 Å². The molecule has 6 heteroatoms. The molecule has 2 aliphatic heterocycles. The number of ether oxygens (including phenoxy) is 1. The fourth-order valence-electron chi connectivity index (χ4n) is 4.55. The zero-order valence-corrected chi connectivity index (χ0v) is 15.1. The molecule has 0 amide bonds. The van der Waals surface area contributed by atoms with Crippen LogP contribution in [-0.4, -0.2) is 68.8 Å². The Bertz CT molecular complexity index is 534. The maximum Gasteiger partial charge on any atom is 0.217 e. The van der Waals surface area contributed by atoms with Crippen molar-refractivity contribution in [3.63, 3.8) is 0 Å². The number of sulfonamides is 1. The summed E-state index contributed by atoms with van der Waals surface area (Å²) >= 11 is 0. The predicted octanol–water partition coefficient (Wildman–Crippen LogP) is 1.69. The van der Waals surface area contributed by atoms with Crippen LogP contribution in [0.2, 0.25) is 0 Å². The van der Waals surface area contributed by atoms with E-state index >= 15 is 0 Å². The highest BCUT2D eigenvalue weighted by molar-refractivity contribution is 7.90. The second kappa shape index (κ2) is 5.97. The lowest BCUT2D eigenvalue weighted by atomic mass is 9.76. The quantitative estimate of drug-likeness (QED) is 0.737. The third-order valence-corrected chi connectivity index (χ3v) is 8.72. The molecule has 2 saturated heterocycles. The fraction of sp³-hybridized carbons (Fsp3) is 1.00. The van der Waals surface area contributed by atoms with Crippen LogP contribution in [0, 0.1) is 11.3 Å². The van der Waals surface area contributed by atoms with E-state index in [2.05, 4.69) is 4.90 Å². The van der Waals surface area contributed by atoms with Crippen LogP contribution in [0.5, 0.6) is 0 Å². The van der Waals surface area contributed by atoms with Crippen LogP contribution in [0.15, 0.2) is 0 Å². The highest BCUT2D eigenvalue weighted by Crippen LogP contribution is 2.47. The molecular formula is C17H30N2O3S. The van der Waals surface area contributed by atoms with Crippen LogP contribution < -0.4 is 0 Å². The molecule has 0 N–H and O–H groups in total. The third-order valence-electron chi connectivity index (χ3n) is 6.33. The van der Waals surface area contributed by atoms with Crippen molar-refractivity contribution in [2.75, 3.05) is 39.9 Å². The maximum atomic E-state index is 12.8. The largest absolute Gasteiger partial charge is 0.383 e. The summed E-state index contributed by atoms with van der Waals surface area (Å²) in [6, 6.07) is 0.0561. The van der Waals surface area contributed by atoms with Crippen molar-refractivity contribution >= 4 is 10.0 Å². The number of hydrogen-bond acceptors (Lipinski definition) is 4. The number of piperidine rings is 1. The zero-order chi connectivity index (χ0) is 16.1. The Labute approximate surface area is 140 Å². The van der Waals surface area contributed by atoms with Crippen LogP contribution in [-0.2, 0) is 14.8 Å². The molecule has 0 aromatic heterocycles. The maximum absolute atomic E-state index is 12.8. The van der Waals surface area contributed by atoms with Crippen LogP contribution in [0.25, 0.3) is 0 Å².